The minimum atomic E-state index is -0.544. The average molecular weight is 374 g/mol. The Hall–Kier alpha value is -1.31. The molecule has 0 N–H and O–H groups in total. The zero-order valence-electron chi connectivity index (χ0n) is 11.2. The van der Waals surface area contributed by atoms with Gasteiger partial charge in [-0.2, -0.15) is 0 Å². The maximum atomic E-state index is 12.1. The molecule has 0 aliphatic carbocycles. The van der Waals surface area contributed by atoms with Gasteiger partial charge in [0.1, 0.15) is 11.4 Å². The molecule has 0 fully saturated rings. The molecular weight excluding hydrogens is 359 g/mol. The molecule has 2 aromatic rings. The lowest BCUT2D eigenvalue weighted by Gasteiger charge is -2.19. The van der Waals surface area contributed by atoms with Crippen LogP contribution in [-0.4, -0.2) is 28.4 Å². The number of carbonyl (C=O) groups is 1. The standard InChI is InChI=1S/C13H15IN2O3/c1-13(2,3)19-12(17)16-7-8(14)10-9(18-4)5-6-15-11(10)16/h5-7H,1-4H3. The number of aromatic nitrogens is 2. The van der Waals surface area contributed by atoms with Crippen LogP contribution in [0.2, 0.25) is 0 Å². The number of methoxy groups -OCH3 is 1. The lowest BCUT2D eigenvalue weighted by molar-refractivity contribution is 0.0543. The molecule has 0 bridgehead atoms. The highest BCUT2D eigenvalue weighted by Gasteiger charge is 2.22. The molecule has 0 saturated heterocycles. The van der Waals surface area contributed by atoms with Crippen molar-refractivity contribution in [2.75, 3.05) is 7.11 Å². The van der Waals surface area contributed by atoms with Crippen LogP contribution in [0, 0.1) is 3.57 Å². The summed E-state index contributed by atoms with van der Waals surface area (Å²) in [6, 6.07) is 1.77. The number of carbonyl (C=O) groups excluding carboxylic acids is 1. The van der Waals surface area contributed by atoms with Crippen LogP contribution < -0.4 is 4.74 Å². The number of pyridine rings is 1. The molecular formula is C13H15IN2O3. The highest BCUT2D eigenvalue weighted by atomic mass is 127. The molecule has 0 aliphatic rings. The van der Waals surface area contributed by atoms with E-state index in [2.05, 4.69) is 27.6 Å². The van der Waals surface area contributed by atoms with E-state index in [1.165, 1.54) is 4.57 Å². The molecule has 19 heavy (non-hydrogen) atoms. The summed E-state index contributed by atoms with van der Waals surface area (Å²) in [6.07, 6.45) is 2.87. The Morgan fingerprint density at radius 1 is 1.42 bits per heavy atom. The van der Waals surface area contributed by atoms with Crippen LogP contribution in [0.5, 0.6) is 5.75 Å². The van der Waals surface area contributed by atoms with E-state index in [4.69, 9.17) is 9.47 Å². The van der Waals surface area contributed by atoms with Gasteiger partial charge in [-0.15, -0.1) is 0 Å². The van der Waals surface area contributed by atoms with Crippen LogP contribution in [0.25, 0.3) is 11.0 Å². The van der Waals surface area contributed by atoms with Gasteiger partial charge in [-0.1, -0.05) is 0 Å². The molecule has 0 spiro atoms. The first-order valence-corrected chi connectivity index (χ1v) is 6.84. The molecule has 0 unspecified atom stereocenters. The molecule has 0 aromatic carbocycles. The second kappa shape index (κ2) is 4.99. The molecule has 0 saturated carbocycles. The van der Waals surface area contributed by atoms with Gasteiger partial charge in [0.15, 0.2) is 5.65 Å². The molecule has 0 radical (unpaired) electrons. The summed E-state index contributed by atoms with van der Waals surface area (Å²) in [4.78, 5) is 16.4. The number of fused-ring (bicyclic) bond motifs is 1. The summed E-state index contributed by atoms with van der Waals surface area (Å²) in [7, 11) is 1.59. The van der Waals surface area contributed by atoms with Crippen molar-refractivity contribution in [3.05, 3.63) is 22.0 Å². The first-order valence-electron chi connectivity index (χ1n) is 5.76. The first kappa shape index (κ1) is 14.1. The van der Waals surface area contributed by atoms with Crippen molar-refractivity contribution in [2.45, 2.75) is 26.4 Å². The molecule has 102 valence electrons. The number of halogens is 1. The van der Waals surface area contributed by atoms with E-state index >= 15 is 0 Å². The van der Waals surface area contributed by atoms with Gasteiger partial charge in [-0.05, 0) is 49.4 Å². The van der Waals surface area contributed by atoms with Crippen LogP contribution in [0.4, 0.5) is 4.79 Å². The Kier molecular flexibility index (Phi) is 3.71. The summed E-state index contributed by atoms with van der Waals surface area (Å²) in [5.74, 6) is 0.691. The van der Waals surface area contributed by atoms with E-state index in [-0.39, 0.29) is 0 Å². The van der Waals surface area contributed by atoms with Crippen molar-refractivity contribution in [1.82, 2.24) is 9.55 Å². The van der Waals surface area contributed by atoms with Gasteiger partial charge in [-0.25, -0.2) is 14.3 Å². The Balaban J connectivity index is 2.54. The van der Waals surface area contributed by atoms with Gasteiger partial charge in [0.05, 0.1) is 12.5 Å². The van der Waals surface area contributed by atoms with Crippen LogP contribution in [0.15, 0.2) is 18.5 Å². The summed E-state index contributed by atoms with van der Waals surface area (Å²) in [5, 5.41) is 0.816. The number of rotatable bonds is 1. The molecule has 0 atom stereocenters. The van der Waals surface area contributed by atoms with Crippen molar-refractivity contribution in [2.24, 2.45) is 0 Å². The normalized spacial score (nSPS) is 11.6. The zero-order valence-corrected chi connectivity index (χ0v) is 13.4. The Morgan fingerprint density at radius 2 is 2.11 bits per heavy atom. The van der Waals surface area contributed by atoms with Gasteiger partial charge >= 0.3 is 6.09 Å². The summed E-state index contributed by atoms with van der Waals surface area (Å²) >= 11 is 2.15. The maximum Gasteiger partial charge on any atom is 0.420 e. The van der Waals surface area contributed by atoms with Gasteiger partial charge in [0.25, 0.3) is 0 Å². The summed E-state index contributed by atoms with van der Waals surface area (Å²) in [6.45, 7) is 5.49. The van der Waals surface area contributed by atoms with Crippen LogP contribution >= 0.6 is 22.6 Å². The second-order valence-corrected chi connectivity index (χ2v) is 6.20. The topological polar surface area (TPSA) is 53.4 Å². The van der Waals surface area contributed by atoms with Gasteiger partial charge in [0.2, 0.25) is 0 Å². The van der Waals surface area contributed by atoms with E-state index in [0.717, 1.165) is 8.96 Å². The molecule has 0 aliphatic heterocycles. The largest absolute Gasteiger partial charge is 0.496 e. The SMILES string of the molecule is COc1ccnc2c1c(I)cn2C(=O)OC(C)(C)C. The van der Waals surface area contributed by atoms with Crippen molar-refractivity contribution < 1.29 is 14.3 Å². The predicted octanol–water partition coefficient (Wildman–Crippen LogP) is 3.43. The molecule has 2 heterocycles. The van der Waals surface area contributed by atoms with Gasteiger partial charge in [-0.3, -0.25) is 0 Å². The van der Waals surface area contributed by atoms with E-state index in [9.17, 15) is 4.79 Å². The van der Waals surface area contributed by atoms with E-state index < -0.39 is 11.7 Å². The minimum Gasteiger partial charge on any atom is -0.496 e. The van der Waals surface area contributed by atoms with Crippen LogP contribution in [-0.2, 0) is 4.74 Å². The first-order chi connectivity index (χ1) is 8.83. The van der Waals surface area contributed by atoms with Crippen molar-refractivity contribution in [1.29, 1.82) is 0 Å². The average Bonchev–Trinajstić information content (AvgIpc) is 2.65. The molecule has 6 heteroatoms. The van der Waals surface area contributed by atoms with Crippen LogP contribution in [0.3, 0.4) is 0 Å². The van der Waals surface area contributed by atoms with Gasteiger partial charge in [0, 0.05) is 16.0 Å². The summed E-state index contributed by atoms with van der Waals surface area (Å²) < 4.78 is 13.0. The summed E-state index contributed by atoms with van der Waals surface area (Å²) in [5.41, 5.74) is -0.00386. The van der Waals surface area contributed by atoms with Crippen molar-refractivity contribution >= 4 is 39.7 Å². The lowest BCUT2D eigenvalue weighted by atomic mass is 10.2. The van der Waals surface area contributed by atoms with Crippen molar-refractivity contribution in [3.8, 4) is 5.75 Å². The maximum absolute atomic E-state index is 12.1. The van der Waals surface area contributed by atoms with Crippen molar-refractivity contribution in [3.63, 3.8) is 0 Å². The number of hydrogen-bond acceptors (Lipinski definition) is 4. The highest BCUT2D eigenvalue weighted by molar-refractivity contribution is 14.1. The monoisotopic (exact) mass is 374 g/mol. The Labute approximate surface area is 125 Å². The Bertz CT molecular complexity index is 629. The molecule has 2 rings (SSSR count). The highest BCUT2D eigenvalue weighted by Crippen LogP contribution is 2.30. The Morgan fingerprint density at radius 3 is 2.68 bits per heavy atom. The fraction of sp³-hybridized carbons (Fsp3) is 0.385. The lowest BCUT2D eigenvalue weighted by Crippen LogP contribution is -2.26. The zero-order chi connectivity index (χ0) is 14.2. The third kappa shape index (κ3) is 2.83. The third-order valence-electron chi connectivity index (χ3n) is 2.41. The predicted molar refractivity (Wildman–Crippen MR) is 80.6 cm³/mol. The fourth-order valence-corrected chi connectivity index (χ4v) is 2.49. The second-order valence-electron chi connectivity index (χ2n) is 5.04. The van der Waals surface area contributed by atoms with E-state index in [0.29, 0.717) is 11.4 Å². The molecule has 2 aromatic heterocycles. The minimum absolute atomic E-state index is 0.443. The van der Waals surface area contributed by atoms with E-state index in [1.54, 1.807) is 25.6 Å². The number of ether oxygens (including phenoxy) is 2. The molecule has 5 nitrogen and oxygen atoms in total. The fourth-order valence-electron chi connectivity index (χ4n) is 1.70. The van der Waals surface area contributed by atoms with Crippen LogP contribution in [0.1, 0.15) is 20.8 Å². The third-order valence-corrected chi connectivity index (χ3v) is 3.23. The van der Waals surface area contributed by atoms with Gasteiger partial charge < -0.3 is 9.47 Å². The van der Waals surface area contributed by atoms with E-state index in [1.807, 2.05) is 20.8 Å². The quantitative estimate of drug-likeness (QED) is 0.718. The molecule has 0 amide bonds. The smallest absolute Gasteiger partial charge is 0.420 e. The number of hydrogen-bond donors (Lipinski definition) is 0. The number of nitrogens with zero attached hydrogens (tertiary/aromatic N) is 2.